The first kappa shape index (κ1) is 15.9. The molecule has 0 aliphatic rings. The van der Waals surface area contributed by atoms with E-state index in [0.29, 0.717) is 13.0 Å². The molecule has 3 rings (SSSR count). The highest BCUT2D eigenvalue weighted by Crippen LogP contribution is 2.15. The van der Waals surface area contributed by atoms with Gasteiger partial charge in [-0.3, -0.25) is 10.1 Å². The van der Waals surface area contributed by atoms with Gasteiger partial charge in [0.05, 0.1) is 4.92 Å². The number of nitro groups is 1. The van der Waals surface area contributed by atoms with Crippen molar-refractivity contribution >= 4 is 5.69 Å². The minimum Gasteiger partial charge on any atom is -0.330 e. The molecule has 3 aromatic rings. The van der Waals surface area contributed by atoms with Crippen LogP contribution in [0.3, 0.4) is 0 Å². The summed E-state index contributed by atoms with van der Waals surface area (Å²) >= 11 is 0. The number of nitro benzene ring substituents is 1. The third-order valence-electron chi connectivity index (χ3n) is 3.92. The Kier molecular flexibility index (Phi) is 4.67. The SMILES string of the molecule is NCc1ccc(Cn2ccnc2Cc2ccc([N+](=O)[O-])cc2)cc1. The molecular weight excluding hydrogens is 304 g/mol. The predicted molar refractivity (Wildman–Crippen MR) is 91.6 cm³/mol. The monoisotopic (exact) mass is 322 g/mol. The number of nitrogens with zero attached hydrogens (tertiary/aromatic N) is 3. The number of benzene rings is 2. The molecule has 0 saturated heterocycles. The molecule has 122 valence electrons. The van der Waals surface area contributed by atoms with Crippen LogP contribution in [0.15, 0.2) is 60.9 Å². The lowest BCUT2D eigenvalue weighted by atomic mass is 10.1. The third kappa shape index (κ3) is 3.67. The molecule has 0 bridgehead atoms. The molecule has 0 amide bonds. The second kappa shape index (κ2) is 7.06. The van der Waals surface area contributed by atoms with E-state index >= 15 is 0 Å². The quantitative estimate of drug-likeness (QED) is 0.558. The van der Waals surface area contributed by atoms with Crippen LogP contribution in [-0.2, 0) is 19.5 Å². The molecule has 0 atom stereocenters. The van der Waals surface area contributed by atoms with Gasteiger partial charge in [-0.05, 0) is 16.7 Å². The minimum absolute atomic E-state index is 0.0992. The highest BCUT2D eigenvalue weighted by Gasteiger charge is 2.08. The maximum atomic E-state index is 10.7. The molecule has 0 spiro atoms. The van der Waals surface area contributed by atoms with Crippen molar-refractivity contribution in [1.82, 2.24) is 9.55 Å². The zero-order valence-electron chi connectivity index (χ0n) is 13.1. The lowest BCUT2D eigenvalue weighted by molar-refractivity contribution is -0.384. The molecule has 0 unspecified atom stereocenters. The third-order valence-corrected chi connectivity index (χ3v) is 3.92. The van der Waals surface area contributed by atoms with Crippen molar-refractivity contribution in [3.63, 3.8) is 0 Å². The molecule has 6 nitrogen and oxygen atoms in total. The Morgan fingerprint density at radius 2 is 1.62 bits per heavy atom. The highest BCUT2D eigenvalue weighted by molar-refractivity contribution is 5.34. The molecular formula is C18H18N4O2. The Morgan fingerprint density at radius 3 is 2.25 bits per heavy atom. The summed E-state index contributed by atoms with van der Waals surface area (Å²) in [6, 6.07) is 14.8. The van der Waals surface area contributed by atoms with Crippen molar-refractivity contribution in [2.45, 2.75) is 19.5 Å². The summed E-state index contributed by atoms with van der Waals surface area (Å²) in [6.45, 7) is 1.27. The van der Waals surface area contributed by atoms with E-state index in [1.807, 2.05) is 18.3 Å². The lowest BCUT2D eigenvalue weighted by Crippen LogP contribution is -2.05. The Hall–Kier alpha value is -2.99. The van der Waals surface area contributed by atoms with E-state index < -0.39 is 4.92 Å². The van der Waals surface area contributed by atoms with E-state index in [0.717, 1.165) is 23.5 Å². The van der Waals surface area contributed by atoms with Gasteiger partial charge in [0.25, 0.3) is 5.69 Å². The average Bonchev–Trinajstić information content (AvgIpc) is 3.03. The first-order valence-corrected chi connectivity index (χ1v) is 7.67. The summed E-state index contributed by atoms with van der Waals surface area (Å²) in [5.74, 6) is 0.923. The molecule has 2 N–H and O–H groups in total. The van der Waals surface area contributed by atoms with Gasteiger partial charge in [0.2, 0.25) is 0 Å². The van der Waals surface area contributed by atoms with Crippen LogP contribution in [-0.4, -0.2) is 14.5 Å². The van der Waals surface area contributed by atoms with Gasteiger partial charge in [0.1, 0.15) is 5.82 Å². The van der Waals surface area contributed by atoms with Crippen LogP contribution in [0.2, 0.25) is 0 Å². The van der Waals surface area contributed by atoms with Gasteiger partial charge in [0.15, 0.2) is 0 Å². The van der Waals surface area contributed by atoms with Crippen LogP contribution in [0, 0.1) is 10.1 Å². The van der Waals surface area contributed by atoms with E-state index in [9.17, 15) is 10.1 Å². The van der Waals surface area contributed by atoms with Gasteiger partial charge in [-0.2, -0.15) is 0 Å². The zero-order chi connectivity index (χ0) is 16.9. The second-order valence-corrected chi connectivity index (χ2v) is 5.59. The van der Waals surface area contributed by atoms with E-state index in [1.54, 1.807) is 18.3 Å². The van der Waals surface area contributed by atoms with Crippen LogP contribution in [0.5, 0.6) is 0 Å². The number of rotatable bonds is 6. The second-order valence-electron chi connectivity index (χ2n) is 5.59. The van der Waals surface area contributed by atoms with Crippen LogP contribution in [0.1, 0.15) is 22.5 Å². The van der Waals surface area contributed by atoms with Crippen molar-refractivity contribution < 1.29 is 4.92 Å². The molecule has 1 aromatic heterocycles. The highest BCUT2D eigenvalue weighted by atomic mass is 16.6. The van der Waals surface area contributed by atoms with Crippen molar-refractivity contribution in [3.05, 3.63) is 93.6 Å². The molecule has 6 heteroatoms. The lowest BCUT2D eigenvalue weighted by Gasteiger charge is -2.09. The fourth-order valence-corrected chi connectivity index (χ4v) is 2.55. The van der Waals surface area contributed by atoms with Crippen LogP contribution in [0.4, 0.5) is 5.69 Å². The van der Waals surface area contributed by atoms with Crippen LogP contribution >= 0.6 is 0 Å². The molecule has 0 fully saturated rings. The van der Waals surface area contributed by atoms with E-state index in [1.165, 1.54) is 17.7 Å². The standard InChI is InChI=1S/C18H18N4O2/c19-12-15-1-3-16(4-2-15)13-21-10-9-20-18(21)11-14-5-7-17(8-6-14)22(23)24/h1-10H,11-13,19H2. The molecule has 0 radical (unpaired) electrons. The minimum atomic E-state index is -0.393. The van der Waals surface area contributed by atoms with Crippen LogP contribution < -0.4 is 5.73 Å². The first-order chi connectivity index (χ1) is 11.7. The van der Waals surface area contributed by atoms with E-state index in [2.05, 4.69) is 21.7 Å². The van der Waals surface area contributed by atoms with Gasteiger partial charge in [-0.15, -0.1) is 0 Å². The Morgan fingerprint density at radius 1 is 1.00 bits per heavy atom. The molecule has 2 aromatic carbocycles. The van der Waals surface area contributed by atoms with Gasteiger partial charge in [-0.1, -0.05) is 36.4 Å². The smallest absolute Gasteiger partial charge is 0.269 e. The van der Waals surface area contributed by atoms with Crippen LogP contribution in [0.25, 0.3) is 0 Å². The van der Waals surface area contributed by atoms with Gasteiger partial charge in [-0.25, -0.2) is 4.98 Å². The maximum Gasteiger partial charge on any atom is 0.269 e. The Balaban J connectivity index is 1.73. The van der Waals surface area contributed by atoms with Crippen molar-refractivity contribution in [2.75, 3.05) is 0 Å². The molecule has 0 aliphatic heterocycles. The maximum absolute atomic E-state index is 10.7. The number of non-ortho nitro benzene ring substituents is 1. The normalized spacial score (nSPS) is 10.7. The largest absolute Gasteiger partial charge is 0.330 e. The molecule has 1 heterocycles. The topological polar surface area (TPSA) is 87.0 Å². The van der Waals surface area contributed by atoms with Gasteiger partial charge >= 0.3 is 0 Å². The number of hydrogen-bond donors (Lipinski definition) is 1. The Bertz CT molecular complexity index is 823. The van der Waals surface area contributed by atoms with E-state index in [-0.39, 0.29) is 5.69 Å². The van der Waals surface area contributed by atoms with Gasteiger partial charge in [0, 0.05) is 44.0 Å². The number of aromatic nitrogens is 2. The van der Waals surface area contributed by atoms with Crippen molar-refractivity contribution in [3.8, 4) is 0 Å². The average molecular weight is 322 g/mol. The molecule has 0 aliphatic carbocycles. The summed E-state index contributed by atoms with van der Waals surface area (Å²) < 4.78 is 2.08. The zero-order valence-corrected chi connectivity index (χ0v) is 13.1. The summed E-state index contributed by atoms with van der Waals surface area (Å²) in [5.41, 5.74) is 8.99. The number of hydrogen-bond acceptors (Lipinski definition) is 4. The summed E-state index contributed by atoms with van der Waals surface area (Å²) in [6.07, 6.45) is 4.35. The predicted octanol–water partition coefficient (Wildman–Crippen LogP) is 2.89. The Labute approximate surface area is 139 Å². The number of nitrogens with two attached hydrogens (primary N) is 1. The summed E-state index contributed by atoms with van der Waals surface area (Å²) in [5, 5.41) is 10.7. The number of imidazole rings is 1. The summed E-state index contributed by atoms with van der Waals surface area (Å²) in [7, 11) is 0. The fourth-order valence-electron chi connectivity index (χ4n) is 2.55. The van der Waals surface area contributed by atoms with Crippen molar-refractivity contribution in [1.29, 1.82) is 0 Å². The molecule has 0 saturated carbocycles. The molecule has 24 heavy (non-hydrogen) atoms. The fraction of sp³-hybridized carbons (Fsp3) is 0.167. The summed E-state index contributed by atoms with van der Waals surface area (Å²) in [4.78, 5) is 14.7. The first-order valence-electron chi connectivity index (χ1n) is 7.67. The van der Waals surface area contributed by atoms with E-state index in [4.69, 9.17) is 5.73 Å². The van der Waals surface area contributed by atoms with Crippen molar-refractivity contribution in [2.24, 2.45) is 5.73 Å². The van der Waals surface area contributed by atoms with Gasteiger partial charge < -0.3 is 10.3 Å².